The number of ether oxygens (including phenoxy) is 1. The van der Waals surface area contributed by atoms with E-state index in [4.69, 9.17) is 5.11 Å². The number of carbonyl (C=O) groups is 2. The first-order valence-electron chi connectivity index (χ1n) is 5.28. The minimum Gasteiger partial charge on any atom is -0.481 e. The summed E-state index contributed by atoms with van der Waals surface area (Å²) in [4.78, 5) is 21.7. The van der Waals surface area contributed by atoms with Crippen molar-refractivity contribution >= 4 is 22.3 Å². The van der Waals surface area contributed by atoms with Gasteiger partial charge in [0.2, 0.25) is 0 Å². The van der Waals surface area contributed by atoms with Gasteiger partial charge in [-0.25, -0.2) is 9.52 Å². The van der Waals surface area contributed by atoms with Crippen molar-refractivity contribution in [3.8, 4) is 0 Å². The second-order valence-electron chi connectivity index (χ2n) is 4.09. The average Bonchev–Trinajstić information content (AvgIpc) is 2.12. The number of hydrogen-bond donors (Lipinski definition) is 3. The van der Waals surface area contributed by atoms with Crippen molar-refractivity contribution in [2.24, 2.45) is 5.92 Å². The van der Waals surface area contributed by atoms with E-state index in [-0.39, 0.29) is 0 Å². The Morgan fingerprint density at radius 1 is 1.17 bits per heavy atom. The van der Waals surface area contributed by atoms with Crippen LogP contribution >= 0.6 is 0 Å². The molecule has 3 N–H and O–H groups in total. The monoisotopic (exact) mass is 282 g/mol. The summed E-state index contributed by atoms with van der Waals surface area (Å²) >= 11 is 0. The predicted octanol–water partition coefficient (Wildman–Crippen LogP) is 0.0646. The summed E-state index contributed by atoms with van der Waals surface area (Å²) in [6.07, 6.45) is -1.58. The molecule has 18 heavy (non-hydrogen) atoms. The molecule has 0 aromatic rings. The van der Waals surface area contributed by atoms with Crippen LogP contribution in [0.4, 0.5) is 4.79 Å². The van der Waals surface area contributed by atoms with Crippen LogP contribution in [0.3, 0.4) is 0 Å². The van der Waals surface area contributed by atoms with Gasteiger partial charge in [-0.05, 0) is 20.8 Å². The molecule has 0 aromatic heterocycles. The maximum absolute atomic E-state index is 11.4. The van der Waals surface area contributed by atoms with Gasteiger partial charge in [0, 0.05) is 6.04 Å². The molecule has 0 aliphatic rings. The van der Waals surface area contributed by atoms with E-state index >= 15 is 0 Å². The first-order chi connectivity index (χ1) is 8.05. The Morgan fingerprint density at radius 2 is 1.67 bits per heavy atom. The number of amides is 1. The summed E-state index contributed by atoms with van der Waals surface area (Å²) in [5.74, 6) is -2.07. The zero-order valence-corrected chi connectivity index (χ0v) is 11.4. The van der Waals surface area contributed by atoms with Gasteiger partial charge < -0.3 is 9.84 Å². The lowest BCUT2D eigenvalue weighted by Gasteiger charge is -2.18. The maximum atomic E-state index is 11.4. The molecule has 0 rings (SSSR count). The fourth-order valence-electron chi connectivity index (χ4n) is 0.938. The van der Waals surface area contributed by atoms with Crippen LogP contribution in [0, 0.1) is 5.92 Å². The molecule has 0 aromatic carbocycles. The van der Waals surface area contributed by atoms with Crippen molar-refractivity contribution in [1.29, 1.82) is 0 Å². The Bertz CT molecular complexity index is 405. The van der Waals surface area contributed by atoms with Crippen LogP contribution in [0.25, 0.3) is 0 Å². The fraction of sp³-hybridized carbons (Fsp3) is 0.778. The van der Waals surface area contributed by atoms with Gasteiger partial charge in [-0.2, -0.15) is 13.1 Å². The standard InChI is InChI=1S/C9H18N2O6S/c1-5(2)17-9(14)11-18(15,16)10-7(4)6(3)8(12)13/h5-7,10H,1-4H3,(H,11,14)(H,12,13). The highest BCUT2D eigenvalue weighted by Gasteiger charge is 2.25. The summed E-state index contributed by atoms with van der Waals surface area (Å²) < 4.78 is 31.1. The van der Waals surface area contributed by atoms with Gasteiger partial charge >= 0.3 is 22.3 Å². The molecule has 2 atom stereocenters. The maximum Gasteiger partial charge on any atom is 0.422 e. The fourth-order valence-corrected chi connectivity index (χ4v) is 1.96. The van der Waals surface area contributed by atoms with E-state index in [0.29, 0.717) is 0 Å². The molecule has 0 aliphatic heterocycles. The average molecular weight is 282 g/mol. The van der Waals surface area contributed by atoms with Crippen molar-refractivity contribution in [1.82, 2.24) is 9.44 Å². The highest BCUT2D eigenvalue weighted by Crippen LogP contribution is 2.03. The van der Waals surface area contributed by atoms with Gasteiger partial charge in [0.1, 0.15) is 0 Å². The third-order valence-corrected chi connectivity index (χ3v) is 3.16. The van der Waals surface area contributed by atoms with Crippen molar-refractivity contribution in [2.75, 3.05) is 0 Å². The first kappa shape index (κ1) is 16.6. The number of nitrogens with one attached hydrogen (secondary N) is 2. The lowest BCUT2D eigenvalue weighted by atomic mass is 10.1. The van der Waals surface area contributed by atoms with E-state index in [2.05, 4.69) is 4.74 Å². The highest BCUT2D eigenvalue weighted by molar-refractivity contribution is 7.88. The minimum absolute atomic E-state index is 0.462. The lowest BCUT2D eigenvalue weighted by Crippen LogP contribution is -2.47. The molecule has 2 unspecified atom stereocenters. The van der Waals surface area contributed by atoms with Gasteiger partial charge in [-0.3, -0.25) is 4.79 Å². The molecular weight excluding hydrogens is 264 g/mol. The number of hydrogen-bond acceptors (Lipinski definition) is 5. The summed E-state index contributed by atoms with van der Waals surface area (Å²) in [5, 5.41) is 8.70. The Labute approximate surface area is 106 Å². The van der Waals surface area contributed by atoms with Crippen LogP contribution in [0.2, 0.25) is 0 Å². The van der Waals surface area contributed by atoms with Crippen LogP contribution in [0.15, 0.2) is 0 Å². The smallest absolute Gasteiger partial charge is 0.422 e. The SMILES string of the molecule is CC(C)OC(=O)NS(=O)(=O)NC(C)C(C)C(=O)O. The summed E-state index contributed by atoms with van der Waals surface area (Å²) in [5.41, 5.74) is 0. The molecule has 0 fully saturated rings. The van der Waals surface area contributed by atoms with Crippen molar-refractivity contribution in [3.05, 3.63) is 0 Å². The van der Waals surface area contributed by atoms with Gasteiger partial charge in [0.05, 0.1) is 12.0 Å². The normalized spacial score (nSPS) is 14.9. The molecule has 0 spiro atoms. The Morgan fingerprint density at radius 3 is 2.06 bits per heavy atom. The van der Waals surface area contributed by atoms with Crippen LogP contribution in [0.5, 0.6) is 0 Å². The quantitative estimate of drug-likeness (QED) is 0.633. The third kappa shape index (κ3) is 6.40. The largest absolute Gasteiger partial charge is 0.481 e. The molecule has 9 heteroatoms. The Hall–Kier alpha value is -1.35. The number of carbonyl (C=O) groups excluding carboxylic acids is 1. The Balaban J connectivity index is 4.49. The number of carboxylic acid groups (broad SMARTS) is 1. The van der Waals surface area contributed by atoms with E-state index in [1.807, 2.05) is 4.72 Å². The van der Waals surface area contributed by atoms with E-state index in [9.17, 15) is 18.0 Å². The van der Waals surface area contributed by atoms with Gasteiger partial charge in [-0.1, -0.05) is 6.92 Å². The van der Waals surface area contributed by atoms with Crippen LogP contribution in [-0.4, -0.2) is 37.7 Å². The van der Waals surface area contributed by atoms with E-state index in [1.54, 1.807) is 18.6 Å². The molecule has 0 saturated carbocycles. The summed E-state index contributed by atoms with van der Waals surface area (Å²) in [7, 11) is -4.14. The predicted molar refractivity (Wildman–Crippen MR) is 63.1 cm³/mol. The van der Waals surface area contributed by atoms with Gasteiger partial charge in [0.15, 0.2) is 0 Å². The van der Waals surface area contributed by atoms with E-state index in [0.717, 1.165) is 0 Å². The molecule has 0 bridgehead atoms. The second kappa shape index (κ2) is 6.55. The van der Waals surface area contributed by atoms with Gasteiger partial charge in [0.25, 0.3) is 0 Å². The van der Waals surface area contributed by atoms with Crippen LogP contribution in [-0.2, 0) is 19.7 Å². The highest BCUT2D eigenvalue weighted by atomic mass is 32.2. The molecule has 106 valence electrons. The molecule has 0 radical (unpaired) electrons. The molecule has 0 aliphatic carbocycles. The number of rotatable bonds is 6. The third-order valence-electron chi connectivity index (χ3n) is 2.04. The zero-order valence-electron chi connectivity index (χ0n) is 10.6. The molecule has 0 heterocycles. The van der Waals surface area contributed by atoms with Crippen molar-refractivity contribution in [3.63, 3.8) is 0 Å². The van der Waals surface area contributed by atoms with Crippen molar-refractivity contribution < 1.29 is 27.9 Å². The summed E-state index contributed by atoms with van der Waals surface area (Å²) in [6.45, 7) is 5.86. The van der Waals surface area contributed by atoms with Crippen molar-refractivity contribution in [2.45, 2.75) is 39.8 Å². The van der Waals surface area contributed by atoms with Crippen LogP contribution in [0.1, 0.15) is 27.7 Å². The number of carboxylic acids is 1. The first-order valence-corrected chi connectivity index (χ1v) is 6.77. The minimum atomic E-state index is -4.14. The lowest BCUT2D eigenvalue weighted by molar-refractivity contribution is -0.141. The van der Waals surface area contributed by atoms with Gasteiger partial charge in [-0.15, -0.1) is 0 Å². The second-order valence-corrected chi connectivity index (χ2v) is 5.54. The van der Waals surface area contributed by atoms with E-state index in [1.165, 1.54) is 13.8 Å². The zero-order chi connectivity index (χ0) is 14.5. The molecular formula is C9H18N2O6S. The van der Waals surface area contributed by atoms with Crippen LogP contribution < -0.4 is 9.44 Å². The molecule has 0 saturated heterocycles. The number of aliphatic carboxylic acids is 1. The molecule has 8 nitrogen and oxygen atoms in total. The molecule has 1 amide bonds. The topological polar surface area (TPSA) is 122 Å². The summed E-state index contributed by atoms with van der Waals surface area (Å²) in [6, 6.07) is -0.869. The van der Waals surface area contributed by atoms with E-state index < -0.39 is 40.3 Å². The Kier molecular flexibility index (Phi) is 6.06.